The lowest BCUT2D eigenvalue weighted by Gasteiger charge is -2.21. The highest BCUT2D eigenvalue weighted by Crippen LogP contribution is 2.34. The van der Waals surface area contributed by atoms with Crippen molar-refractivity contribution < 1.29 is 18.7 Å². The van der Waals surface area contributed by atoms with E-state index in [1.54, 1.807) is 12.4 Å². The Kier molecular flexibility index (Phi) is 4.81. The fraction of sp³-hybridized carbons (Fsp3) is 0.286. The Bertz CT molecular complexity index is 1040. The summed E-state index contributed by atoms with van der Waals surface area (Å²) in [4.78, 5) is 19.9. The Balaban J connectivity index is 1.73. The second-order valence-electron chi connectivity index (χ2n) is 6.85. The van der Waals surface area contributed by atoms with Crippen molar-refractivity contribution in [2.24, 2.45) is 5.92 Å². The zero-order valence-corrected chi connectivity index (χ0v) is 15.6. The zero-order chi connectivity index (χ0) is 19.7. The molecule has 3 heterocycles. The van der Waals surface area contributed by atoms with Gasteiger partial charge in [0.05, 0.1) is 12.6 Å². The van der Waals surface area contributed by atoms with Gasteiger partial charge in [-0.25, -0.2) is 9.37 Å². The maximum absolute atomic E-state index is 14.1. The van der Waals surface area contributed by atoms with E-state index in [4.69, 9.17) is 9.47 Å². The number of nitrogens with one attached hydrogen (secondary N) is 1. The zero-order valence-electron chi connectivity index (χ0n) is 15.6. The highest BCUT2D eigenvalue weighted by molar-refractivity contribution is 5.90. The Labute approximate surface area is 161 Å². The van der Waals surface area contributed by atoms with E-state index in [0.717, 1.165) is 16.5 Å². The Morgan fingerprint density at radius 3 is 2.82 bits per heavy atom. The molecule has 0 spiro atoms. The van der Waals surface area contributed by atoms with Crippen LogP contribution < -0.4 is 14.8 Å². The predicted molar refractivity (Wildman–Crippen MR) is 103 cm³/mol. The number of carbonyl (C=O) groups excluding carboxylic acids is 1. The van der Waals surface area contributed by atoms with Crippen molar-refractivity contribution in [3.05, 3.63) is 48.5 Å². The Hall–Kier alpha value is -3.22. The van der Waals surface area contributed by atoms with E-state index in [2.05, 4.69) is 15.3 Å². The lowest BCUT2D eigenvalue weighted by molar-refractivity contribution is -0.119. The fourth-order valence-electron chi connectivity index (χ4n) is 3.40. The molecular weight excluding hydrogens is 361 g/mol. The van der Waals surface area contributed by atoms with E-state index in [1.165, 1.54) is 13.2 Å². The molecule has 2 aromatic heterocycles. The molecule has 1 saturated heterocycles. The van der Waals surface area contributed by atoms with Crippen molar-refractivity contribution in [1.29, 1.82) is 0 Å². The first-order chi connectivity index (χ1) is 13.5. The molecule has 144 valence electrons. The molecule has 1 aromatic carbocycles. The van der Waals surface area contributed by atoms with Crippen LogP contribution in [0.4, 0.5) is 4.39 Å². The molecule has 0 unspecified atom stereocenters. The minimum absolute atomic E-state index is 0.0421. The van der Waals surface area contributed by atoms with Crippen molar-refractivity contribution in [2.45, 2.75) is 19.4 Å². The van der Waals surface area contributed by atoms with E-state index in [1.807, 2.05) is 31.2 Å². The normalized spacial score (nSPS) is 17.4. The van der Waals surface area contributed by atoms with Crippen LogP contribution in [0.3, 0.4) is 0 Å². The van der Waals surface area contributed by atoms with E-state index < -0.39 is 5.82 Å². The number of rotatable bonds is 5. The van der Waals surface area contributed by atoms with E-state index in [9.17, 15) is 9.18 Å². The van der Waals surface area contributed by atoms with Gasteiger partial charge in [-0.1, -0.05) is 0 Å². The predicted octanol–water partition coefficient (Wildman–Crippen LogP) is 3.35. The number of hydrogen-bond acceptors (Lipinski definition) is 5. The van der Waals surface area contributed by atoms with Gasteiger partial charge in [-0.3, -0.25) is 9.78 Å². The number of nitrogens with zero attached hydrogens (tertiary/aromatic N) is 2. The molecule has 28 heavy (non-hydrogen) atoms. The smallest absolute Gasteiger partial charge is 0.250 e. The first-order valence-electron chi connectivity index (χ1n) is 9.07. The van der Waals surface area contributed by atoms with Gasteiger partial charge in [-0.15, -0.1) is 0 Å². The first kappa shape index (κ1) is 18.2. The second kappa shape index (κ2) is 7.42. The number of methoxy groups -OCH3 is 1. The largest absolute Gasteiger partial charge is 0.490 e. The molecule has 1 N–H and O–H groups in total. The summed E-state index contributed by atoms with van der Waals surface area (Å²) < 4.78 is 25.2. The number of amides is 1. The number of benzene rings is 1. The molecule has 7 heteroatoms. The Morgan fingerprint density at radius 1 is 1.25 bits per heavy atom. The summed E-state index contributed by atoms with van der Waals surface area (Å²) in [6, 6.07) is 8.88. The number of pyridine rings is 2. The van der Waals surface area contributed by atoms with E-state index in [-0.39, 0.29) is 23.8 Å². The molecule has 0 saturated carbocycles. The summed E-state index contributed by atoms with van der Waals surface area (Å²) >= 11 is 0. The maximum Gasteiger partial charge on any atom is 0.250 e. The van der Waals surface area contributed by atoms with Gasteiger partial charge in [0.15, 0.2) is 5.82 Å². The SMILES string of the molecule is COc1ncc(-c2cc(O[C@H](C)[C@@H]3CNC(=O)C3)c3cccnc3c2)cc1F. The second-order valence-corrected chi connectivity index (χ2v) is 6.85. The van der Waals surface area contributed by atoms with Gasteiger partial charge in [0.1, 0.15) is 11.9 Å². The molecule has 0 radical (unpaired) electrons. The highest BCUT2D eigenvalue weighted by Gasteiger charge is 2.28. The number of fused-ring (bicyclic) bond motifs is 1. The lowest BCUT2D eigenvalue weighted by atomic mass is 10.0. The Morgan fingerprint density at radius 2 is 2.11 bits per heavy atom. The van der Waals surface area contributed by atoms with Crippen LogP contribution in [0, 0.1) is 11.7 Å². The van der Waals surface area contributed by atoms with Crippen LogP contribution in [0.25, 0.3) is 22.0 Å². The van der Waals surface area contributed by atoms with Crippen LogP contribution in [0.15, 0.2) is 42.7 Å². The highest BCUT2D eigenvalue weighted by atomic mass is 19.1. The summed E-state index contributed by atoms with van der Waals surface area (Å²) in [5.74, 6) is 0.200. The number of halogens is 1. The molecule has 0 bridgehead atoms. The minimum atomic E-state index is -0.535. The molecule has 3 aromatic rings. The average molecular weight is 381 g/mol. The number of carbonyl (C=O) groups is 1. The maximum atomic E-state index is 14.1. The number of aromatic nitrogens is 2. The van der Waals surface area contributed by atoms with Crippen LogP contribution in [-0.4, -0.2) is 35.6 Å². The summed E-state index contributed by atoms with van der Waals surface area (Å²) in [7, 11) is 1.38. The molecule has 1 aliphatic rings. The molecule has 1 amide bonds. The number of hydrogen-bond donors (Lipinski definition) is 1. The van der Waals surface area contributed by atoms with Crippen LogP contribution in [0.5, 0.6) is 11.6 Å². The third-order valence-corrected chi connectivity index (χ3v) is 5.00. The summed E-state index contributed by atoms with van der Waals surface area (Å²) in [6.07, 6.45) is 3.54. The first-order valence-corrected chi connectivity index (χ1v) is 9.07. The van der Waals surface area contributed by atoms with Crippen molar-refractivity contribution >= 4 is 16.8 Å². The topological polar surface area (TPSA) is 73.3 Å². The van der Waals surface area contributed by atoms with E-state index >= 15 is 0 Å². The van der Waals surface area contributed by atoms with Gasteiger partial charge in [-0.2, -0.15) is 0 Å². The molecule has 0 aliphatic carbocycles. The summed E-state index contributed by atoms with van der Waals surface area (Å²) in [5, 5.41) is 3.69. The third kappa shape index (κ3) is 3.47. The molecule has 2 atom stereocenters. The molecular formula is C21H20FN3O3. The van der Waals surface area contributed by atoms with E-state index in [0.29, 0.717) is 24.3 Å². The minimum Gasteiger partial charge on any atom is -0.490 e. The fourth-order valence-corrected chi connectivity index (χ4v) is 3.40. The van der Waals surface area contributed by atoms with Gasteiger partial charge in [0.2, 0.25) is 11.8 Å². The molecule has 1 aliphatic heterocycles. The van der Waals surface area contributed by atoms with Crippen molar-refractivity contribution in [3.8, 4) is 22.8 Å². The van der Waals surface area contributed by atoms with Crippen LogP contribution in [0.1, 0.15) is 13.3 Å². The average Bonchev–Trinajstić information content (AvgIpc) is 3.14. The quantitative estimate of drug-likeness (QED) is 0.734. The van der Waals surface area contributed by atoms with Gasteiger partial charge in [-0.05, 0) is 42.8 Å². The van der Waals surface area contributed by atoms with Crippen LogP contribution in [-0.2, 0) is 4.79 Å². The van der Waals surface area contributed by atoms with Gasteiger partial charge >= 0.3 is 0 Å². The van der Waals surface area contributed by atoms with Crippen molar-refractivity contribution in [1.82, 2.24) is 15.3 Å². The third-order valence-electron chi connectivity index (χ3n) is 5.00. The lowest BCUT2D eigenvalue weighted by Crippen LogP contribution is -2.25. The summed E-state index contributed by atoms with van der Waals surface area (Å²) in [6.45, 7) is 2.55. The van der Waals surface area contributed by atoms with Crippen molar-refractivity contribution in [3.63, 3.8) is 0 Å². The van der Waals surface area contributed by atoms with Gasteiger partial charge in [0.25, 0.3) is 0 Å². The van der Waals surface area contributed by atoms with Crippen LogP contribution >= 0.6 is 0 Å². The van der Waals surface area contributed by atoms with Gasteiger partial charge in [0, 0.05) is 42.2 Å². The van der Waals surface area contributed by atoms with Gasteiger partial charge < -0.3 is 14.8 Å². The molecule has 4 rings (SSSR count). The molecule has 1 fully saturated rings. The monoisotopic (exact) mass is 381 g/mol. The van der Waals surface area contributed by atoms with Crippen molar-refractivity contribution in [2.75, 3.05) is 13.7 Å². The molecule has 6 nitrogen and oxygen atoms in total. The number of ether oxygens (including phenoxy) is 2. The van der Waals surface area contributed by atoms with Crippen LogP contribution in [0.2, 0.25) is 0 Å². The standard InChI is InChI=1S/C21H20FN3O3/c1-12(14-9-20(26)24-10-14)28-19-8-13(7-18-16(19)4-3-5-23-18)15-6-17(22)21(27-2)25-11-15/h3-8,11-12,14H,9-10H2,1-2H3,(H,24,26)/t12-,14+/m1/s1. The summed E-state index contributed by atoms with van der Waals surface area (Å²) in [5.41, 5.74) is 2.07.